The number of rotatable bonds is 4. The van der Waals surface area contributed by atoms with E-state index in [1.807, 2.05) is 19.1 Å². The van der Waals surface area contributed by atoms with Crippen molar-refractivity contribution in [3.8, 4) is 10.6 Å². The molecule has 23 heavy (non-hydrogen) atoms. The van der Waals surface area contributed by atoms with Crippen LogP contribution in [0, 0.1) is 12.7 Å². The number of nitrogens with one attached hydrogen (secondary N) is 1. The number of aryl methyl sites for hydroxylation is 1. The summed E-state index contributed by atoms with van der Waals surface area (Å²) in [4.78, 5) is 21.5. The van der Waals surface area contributed by atoms with Crippen LogP contribution in [0.15, 0.2) is 48.8 Å². The molecule has 1 N–H and O–H groups in total. The molecular formula is C17H14FN3OS. The fourth-order valence-corrected chi connectivity index (χ4v) is 3.16. The summed E-state index contributed by atoms with van der Waals surface area (Å²) in [7, 11) is 0. The smallest absolute Gasteiger partial charge is 0.229 e. The Balaban J connectivity index is 1.71. The molecule has 1 aromatic carbocycles. The number of nitrogens with zero attached hydrogens (tertiary/aromatic N) is 2. The number of thiazole rings is 1. The van der Waals surface area contributed by atoms with Crippen LogP contribution in [-0.4, -0.2) is 15.9 Å². The third-order valence-corrected chi connectivity index (χ3v) is 4.48. The Morgan fingerprint density at radius 1 is 1.17 bits per heavy atom. The maximum Gasteiger partial charge on any atom is 0.229 e. The highest BCUT2D eigenvalue weighted by atomic mass is 32.1. The van der Waals surface area contributed by atoms with Gasteiger partial charge in [0.05, 0.1) is 12.1 Å². The van der Waals surface area contributed by atoms with Gasteiger partial charge in [-0.3, -0.25) is 9.78 Å². The van der Waals surface area contributed by atoms with Crippen molar-refractivity contribution in [2.45, 2.75) is 13.3 Å². The van der Waals surface area contributed by atoms with E-state index in [0.717, 1.165) is 21.1 Å². The van der Waals surface area contributed by atoms with E-state index in [4.69, 9.17) is 0 Å². The highest BCUT2D eigenvalue weighted by Gasteiger charge is 2.13. The zero-order chi connectivity index (χ0) is 16.2. The first-order valence-corrected chi connectivity index (χ1v) is 7.85. The first-order chi connectivity index (χ1) is 11.1. The second-order valence-corrected chi connectivity index (χ2v) is 6.08. The molecule has 2 aromatic heterocycles. The van der Waals surface area contributed by atoms with Crippen LogP contribution in [0.3, 0.4) is 0 Å². The molecule has 0 aliphatic rings. The van der Waals surface area contributed by atoms with Gasteiger partial charge < -0.3 is 5.32 Å². The van der Waals surface area contributed by atoms with Crippen LogP contribution >= 0.6 is 11.3 Å². The fourth-order valence-electron chi connectivity index (χ4n) is 2.09. The van der Waals surface area contributed by atoms with Gasteiger partial charge in [0.2, 0.25) is 5.91 Å². The zero-order valence-corrected chi connectivity index (χ0v) is 13.2. The summed E-state index contributed by atoms with van der Waals surface area (Å²) >= 11 is 1.49. The SMILES string of the molecule is Cc1nc(-c2ccncc2)sc1CC(=O)Nc1ccc(F)cc1. The van der Waals surface area contributed by atoms with E-state index in [-0.39, 0.29) is 18.1 Å². The van der Waals surface area contributed by atoms with Gasteiger partial charge in [-0.25, -0.2) is 9.37 Å². The average molecular weight is 327 g/mol. The Morgan fingerprint density at radius 3 is 2.57 bits per heavy atom. The van der Waals surface area contributed by atoms with Crippen LogP contribution in [0.2, 0.25) is 0 Å². The molecule has 3 rings (SSSR count). The van der Waals surface area contributed by atoms with Crippen molar-refractivity contribution < 1.29 is 9.18 Å². The number of benzene rings is 1. The molecule has 0 spiro atoms. The van der Waals surface area contributed by atoms with E-state index in [9.17, 15) is 9.18 Å². The average Bonchev–Trinajstić information content (AvgIpc) is 2.91. The molecule has 116 valence electrons. The summed E-state index contributed by atoms with van der Waals surface area (Å²) in [5, 5.41) is 3.63. The van der Waals surface area contributed by atoms with Gasteiger partial charge in [-0.1, -0.05) is 0 Å². The first-order valence-electron chi connectivity index (χ1n) is 7.04. The largest absolute Gasteiger partial charge is 0.326 e. The summed E-state index contributed by atoms with van der Waals surface area (Å²) in [5.41, 5.74) is 2.40. The molecule has 2 heterocycles. The monoisotopic (exact) mass is 327 g/mol. The van der Waals surface area contributed by atoms with Crippen molar-refractivity contribution in [2.75, 3.05) is 5.32 Å². The second-order valence-electron chi connectivity index (χ2n) is 5.00. The van der Waals surface area contributed by atoms with Crippen molar-refractivity contribution in [1.82, 2.24) is 9.97 Å². The molecule has 0 aliphatic carbocycles. The summed E-state index contributed by atoms with van der Waals surface area (Å²) < 4.78 is 12.9. The maximum atomic E-state index is 12.9. The van der Waals surface area contributed by atoms with E-state index in [0.29, 0.717) is 5.69 Å². The van der Waals surface area contributed by atoms with Crippen LogP contribution in [0.4, 0.5) is 10.1 Å². The van der Waals surface area contributed by atoms with Crippen molar-refractivity contribution in [3.05, 3.63) is 65.2 Å². The Morgan fingerprint density at radius 2 is 1.87 bits per heavy atom. The minimum atomic E-state index is -0.330. The van der Waals surface area contributed by atoms with Crippen LogP contribution < -0.4 is 5.32 Å². The lowest BCUT2D eigenvalue weighted by molar-refractivity contribution is -0.115. The van der Waals surface area contributed by atoms with Crippen LogP contribution in [0.5, 0.6) is 0 Å². The standard InChI is InChI=1S/C17H14FN3OS/c1-11-15(23-17(20-11)12-6-8-19-9-7-12)10-16(22)21-14-4-2-13(18)3-5-14/h2-9H,10H2,1H3,(H,21,22). The number of amides is 1. The number of hydrogen-bond acceptors (Lipinski definition) is 4. The molecular weight excluding hydrogens is 313 g/mol. The number of anilines is 1. The lowest BCUT2D eigenvalue weighted by Gasteiger charge is -2.04. The van der Waals surface area contributed by atoms with Gasteiger partial charge in [0, 0.05) is 28.5 Å². The minimum Gasteiger partial charge on any atom is -0.326 e. The van der Waals surface area contributed by atoms with Gasteiger partial charge in [0.25, 0.3) is 0 Å². The number of aromatic nitrogens is 2. The maximum absolute atomic E-state index is 12.9. The Hall–Kier alpha value is -2.60. The summed E-state index contributed by atoms with van der Waals surface area (Å²) in [5.74, 6) is -0.479. The molecule has 1 amide bonds. The van der Waals surface area contributed by atoms with E-state index in [1.54, 1.807) is 12.4 Å². The Labute approximate surface area is 137 Å². The quantitative estimate of drug-likeness (QED) is 0.792. The van der Waals surface area contributed by atoms with E-state index >= 15 is 0 Å². The Bertz CT molecular complexity index is 816. The molecule has 0 atom stereocenters. The molecule has 0 aliphatic heterocycles. The fraction of sp³-hybridized carbons (Fsp3) is 0.118. The molecule has 0 saturated heterocycles. The van der Waals surface area contributed by atoms with E-state index in [1.165, 1.54) is 35.6 Å². The molecule has 0 bridgehead atoms. The van der Waals surface area contributed by atoms with Gasteiger partial charge >= 0.3 is 0 Å². The highest BCUT2D eigenvalue weighted by molar-refractivity contribution is 7.15. The van der Waals surface area contributed by atoms with Crippen molar-refractivity contribution in [2.24, 2.45) is 0 Å². The topological polar surface area (TPSA) is 54.9 Å². The third-order valence-electron chi connectivity index (χ3n) is 3.27. The van der Waals surface area contributed by atoms with Gasteiger partial charge in [0.1, 0.15) is 10.8 Å². The summed E-state index contributed by atoms with van der Waals surface area (Å²) in [6.07, 6.45) is 3.67. The van der Waals surface area contributed by atoms with Crippen LogP contribution in [0.1, 0.15) is 10.6 Å². The van der Waals surface area contributed by atoms with Gasteiger partial charge in [0.15, 0.2) is 0 Å². The zero-order valence-electron chi connectivity index (χ0n) is 12.4. The van der Waals surface area contributed by atoms with Crippen LogP contribution in [-0.2, 0) is 11.2 Å². The molecule has 0 unspecified atom stereocenters. The number of carbonyl (C=O) groups excluding carboxylic acids is 1. The number of hydrogen-bond donors (Lipinski definition) is 1. The lowest BCUT2D eigenvalue weighted by Crippen LogP contribution is -2.14. The normalized spacial score (nSPS) is 10.5. The molecule has 0 fully saturated rings. The van der Waals surface area contributed by atoms with Crippen LogP contribution in [0.25, 0.3) is 10.6 Å². The van der Waals surface area contributed by atoms with Crippen molar-refractivity contribution in [1.29, 1.82) is 0 Å². The van der Waals surface area contributed by atoms with E-state index in [2.05, 4.69) is 15.3 Å². The molecule has 0 radical (unpaired) electrons. The summed E-state index contributed by atoms with van der Waals surface area (Å²) in [6.45, 7) is 1.89. The summed E-state index contributed by atoms with van der Waals surface area (Å²) in [6, 6.07) is 9.48. The Kier molecular flexibility index (Phi) is 4.43. The lowest BCUT2D eigenvalue weighted by atomic mass is 10.2. The number of pyridine rings is 1. The first kappa shape index (κ1) is 15.3. The van der Waals surface area contributed by atoms with Crippen molar-refractivity contribution in [3.63, 3.8) is 0 Å². The predicted octanol–water partition coefficient (Wildman–Crippen LogP) is 3.83. The predicted molar refractivity (Wildman–Crippen MR) is 88.8 cm³/mol. The molecule has 6 heteroatoms. The number of carbonyl (C=O) groups is 1. The van der Waals surface area contributed by atoms with Gasteiger partial charge in [-0.15, -0.1) is 11.3 Å². The second kappa shape index (κ2) is 6.66. The molecule has 4 nitrogen and oxygen atoms in total. The van der Waals surface area contributed by atoms with E-state index < -0.39 is 0 Å². The van der Waals surface area contributed by atoms with Gasteiger partial charge in [-0.2, -0.15) is 0 Å². The number of halogens is 1. The molecule has 0 saturated carbocycles. The molecule has 3 aromatic rings. The van der Waals surface area contributed by atoms with Gasteiger partial charge in [-0.05, 0) is 43.3 Å². The minimum absolute atomic E-state index is 0.148. The highest BCUT2D eigenvalue weighted by Crippen LogP contribution is 2.28. The third kappa shape index (κ3) is 3.78. The van der Waals surface area contributed by atoms with Crippen molar-refractivity contribution >= 4 is 22.9 Å².